The number of halogens is 1. The van der Waals surface area contributed by atoms with Gasteiger partial charge in [0.15, 0.2) is 0 Å². The van der Waals surface area contributed by atoms with E-state index in [-0.39, 0.29) is 5.82 Å². The molecule has 0 bridgehead atoms. The zero-order chi connectivity index (χ0) is 16.4. The normalized spacial score (nSPS) is 18.5. The molecular weight excluding hydrogens is 301 g/mol. The summed E-state index contributed by atoms with van der Waals surface area (Å²) in [4.78, 5) is 4.61. The SMILES string of the molecule is Fc1ccc(CN2CCc3ccccc3C2)cc1N1CCNCC1. The van der Waals surface area contributed by atoms with Crippen molar-refractivity contribution in [3.63, 3.8) is 0 Å². The summed E-state index contributed by atoms with van der Waals surface area (Å²) >= 11 is 0. The molecule has 126 valence electrons. The quantitative estimate of drug-likeness (QED) is 0.936. The second kappa shape index (κ2) is 6.91. The van der Waals surface area contributed by atoms with Gasteiger partial charge in [-0.15, -0.1) is 0 Å². The Hall–Kier alpha value is -1.91. The van der Waals surface area contributed by atoms with Crippen LogP contribution in [0.15, 0.2) is 42.5 Å². The highest BCUT2D eigenvalue weighted by molar-refractivity contribution is 5.50. The van der Waals surface area contributed by atoms with Crippen molar-refractivity contribution in [1.29, 1.82) is 0 Å². The van der Waals surface area contributed by atoms with Crippen LogP contribution in [0.2, 0.25) is 0 Å². The van der Waals surface area contributed by atoms with Crippen LogP contribution >= 0.6 is 0 Å². The lowest BCUT2D eigenvalue weighted by molar-refractivity contribution is 0.245. The van der Waals surface area contributed by atoms with Crippen LogP contribution in [0, 0.1) is 5.82 Å². The number of fused-ring (bicyclic) bond motifs is 1. The summed E-state index contributed by atoms with van der Waals surface area (Å²) in [5.74, 6) is -0.107. The minimum Gasteiger partial charge on any atom is -0.367 e. The molecule has 1 saturated heterocycles. The molecule has 0 aliphatic carbocycles. The zero-order valence-electron chi connectivity index (χ0n) is 14.0. The molecule has 2 aliphatic rings. The van der Waals surface area contributed by atoms with Gasteiger partial charge in [0.1, 0.15) is 5.82 Å². The standard InChI is InChI=1S/C20H24FN3/c21-19-6-5-16(13-20(19)24-11-8-22-9-12-24)14-23-10-7-17-3-1-2-4-18(17)15-23/h1-6,13,22H,7-12,14-15H2. The maximum absolute atomic E-state index is 14.3. The van der Waals surface area contributed by atoms with Crippen LogP contribution < -0.4 is 10.2 Å². The summed E-state index contributed by atoms with van der Waals surface area (Å²) in [6.07, 6.45) is 1.10. The minimum atomic E-state index is -0.107. The van der Waals surface area contributed by atoms with Crippen molar-refractivity contribution < 1.29 is 4.39 Å². The highest BCUT2D eigenvalue weighted by atomic mass is 19.1. The Morgan fingerprint density at radius 1 is 0.958 bits per heavy atom. The number of piperazine rings is 1. The molecule has 0 atom stereocenters. The summed E-state index contributed by atoms with van der Waals surface area (Å²) in [6, 6.07) is 14.3. The fourth-order valence-corrected chi connectivity index (χ4v) is 3.75. The number of hydrogen-bond donors (Lipinski definition) is 1. The summed E-state index contributed by atoms with van der Waals surface area (Å²) in [7, 11) is 0. The van der Waals surface area contributed by atoms with Crippen LogP contribution in [-0.2, 0) is 19.5 Å². The van der Waals surface area contributed by atoms with E-state index in [4.69, 9.17) is 0 Å². The molecule has 0 aromatic heterocycles. The van der Waals surface area contributed by atoms with Gasteiger partial charge in [-0.3, -0.25) is 4.90 Å². The first kappa shape index (κ1) is 15.6. The van der Waals surface area contributed by atoms with Crippen LogP contribution in [-0.4, -0.2) is 37.6 Å². The second-order valence-corrected chi connectivity index (χ2v) is 6.75. The molecule has 2 aliphatic heterocycles. The van der Waals surface area contributed by atoms with E-state index >= 15 is 0 Å². The first-order valence-corrected chi connectivity index (χ1v) is 8.83. The molecule has 0 amide bonds. The summed E-state index contributed by atoms with van der Waals surface area (Å²) in [6.45, 7) is 6.52. The molecule has 0 saturated carbocycles. The van der Waals surface area contributed by atoms with Gasteiger partial charge in [-0.25, -0.2) is 4.39 Å². The fourth-order valence-electron chi connectivity index (χ4n) is 3.75. The minimum absolute atomic E-state index is 0.107. The largest absolute Gasteiger partial charge is 0.367 e. The van der Waals surface area contributed by atoms with Gasteiger partial charge in [0.05, 0.1) is 5.69 Å². The van der Waals surface area contributed by atoms with Gasteiger partial charge in [0, 0.05) is 45.8 Å². The predicted molar refractivity (Wildman–Crippen MR) is 95.7 cm³/mol. The van der Waals surface area contributed by atoms with Crippen molar-refractivity contribution in [1.82, 2.24) is 10.2 Å². The van der Waals surface area contributed by atoms with Gasteiger partial charge in [-0.1, -0.05) is 30.3 Å². The highest BCUT2D eigenvalue weighted by Gasteiger charge is 2.18. The molecule has 1 fully saturated rings. The maximum atomic E-state index is 14.3. The fraction of sp³-hybridized carbons (Fsp3) is 0.400. The summed E-state index contributed by atoms with van der Waals surface area (Å²) in [5, 5.41) is 3.32. The number of nitrogens with zero attached hydrogens (tertiary/aromatic N) is 2. The predicted octanol–water partition coefficient (Wildman–Crippen LogP) is 2.79. The molecule has 2 aromatic carbocycles. The third kappa shape index (κ3) is 3.30. The van der Waals surface area contributed by atoms with Crippen LogP contribution in [0.25, 0.3) is 0 Å². The van der Waals surface area contributed by atoms with Crippen molar-refractivity contribution in [2.24, 2.45) is 0 Å². The topological polar surface area (TPSA) is 18.5 Å². The van der Waals surface area contributed by atoms with Crippen LogP contribution in [0.5, 0.6) is 0 Å². The van der Waals surface area contributed by atoms with E-state index in [9.17, 15) is 4.39 Å². The van der Waals surface area contributed by atoms with E-state index in [0.717, 1.165) is 57.9 Å². The number of hydrogen-bond acceptors (Lipinski definition) is 3. The van der Waals surface area contributed by atoms with Gasteiger partial charge in [0.2, 0.25) is 0 Å². The number of rotatable bonds is 3. The van der Waals surface area contributed by atoms with Gasteiger partial charge >= 0.3 is 0 Å². The van der Waals surface area contributed by atoms with E-state index in [1.807, 2.05) is 12.1 Å². The van der Waals surface area contributed by atoms with E-state index in [0.29, 0.717) is 0 Å². The molecule has 4 heteroatoms. The molecule has 0 unspecified atom stereocenters. The first-order valence-electron chi connectivity index (χ1n) is 8.83. The Morgan fingerprint density at radius 3 is 2.58 bits per heavy atom. The van der Waals surface area contributed by atoms with Crippen molar-refractivity contribution in [2.45, 2.75) is 19.5 Å². The first-order chi connectivity index (χ1) is 11.8. The lowest BCUT2D eigenvalue weighted by Crippen LogP contribution is -2.44. The Bertz CT molecular complexity index is 710. The van der Waals surface area contributed by atoms with E-state index < -0.39 is 0 Å². The average molecular weight is 325 g/mol. The lowest BCUT2D eigenvalue weighted by Gasteiger charge is -2.31. The Labute approximate surface area is 143 Å². The van der Waals surface area contributed by atoms with Crippen LogP contribution in [0.3, 0.4) is 0 Å². The van der Waals surface area contributed by atoms with Gasteiger partial charge in [0.25, 0.3) is 0 Å². The number of nitrogens with one attached hydrogen (secondary N) is 1. The average Bonchev–Trinajstić information content (AvgIpc) is 2.64. The zero-order valence-corrected chi connectivity index (χ0v) is 14.0. The molecular formula is C20H24FN3. The Morgan fingerprint density at radius 2 is 1.75 bits per heavy atom. The van der Waals surface area contributed by atoms with Crippen molar-refractivity contribution in [3.8, 4) is 0 Å². The monoisotopic (exact) mass is 325 g/mol. The third-order valence-electron chi connectivity index (χ3n) is 5.08. The maximum Gasteiger partial charge on any atom is 0.146 e. The Kier molecular flexibility index (Phi) is 4.50. The van der Waals surface area contributed by atoms with E-state index in [1.54, 1.807) is 6.07 Å². The van der Waals surface area contributed by atoms with Crippen LogP contribution in [0.1, 0.15) is 16.7 Å². The van der Waals surface area contributed by atoms with Gasteiger partial charge < -0.3 is 10.2 Å². The van der Waals surface area contributed by atoms with E-state index in [1.165, 1.54) is 16.7 Å². The molecule has 2 heterocycles. The molecule has 1 N–H and O–H groups in total. The smallest absolute Gasteiger partial charge is 0.146 e. The number of anilines is 1. The molecule has 3 nitrogen and oxygen atoms in total. The third-order valence-corrected chi connectivity index (χ3v) is 5.08. The van der Waals surface area contributed by atoms with Crippen molar-refractivity contribution >= 4 is 5.69 Å². The van der Waals surface area contributed by atoms with Gasteiger partial charge in [-0.2, -0.15) is 0 Å². The van der Waals surface area contributed by atoms with Crippen LogP contribution in [0.4, 0.5) is 10.1 Å². The van der Waals surface area contributed by atoms with Gasteiger partial charge in [-0.05, 0) is 35.2 Å². The molecule has 2 aromatic rings. The molecule has 0 spiro atoms. The van der Waals surface area contributed by atoms with Crippen molar-refractivity contribution in [2.75, 3.05) is 37.6 Å². The Balaban J connectivity index is 1.49. The summed E-state index contributed by atoms with van der Waals surface area (Å²) in [5.41, 5.74) is 4.85. The summed E-state index contributed by atoms with van der Waals surface area (Å²) < 4.78 is 14.3. The molecule has 0 radical (unpaired) electrons. The van der Waals surface area contributed by atoms with Crippen molar-refractivity contribution in [3.05, 3.63) is 65.0 Å². The molecule has 24 heavy (non-hydrogen) atoms. The number of benzene rings is 2. The highest BCUT2D eigenvalue weighted by Crippen LogP contribution is 2.24. The second-order valence-electron chi connectivity index (χ2n) is 6.75. The van der Waals surface area contributed by atoms with E-state index in [2.05, 4.69) is 39.4 Å². The lowest BCUT2D eigenvalue weighted by atomic mass is 9.99. The molecule has 4 rings (SSSR count).